The van der Waals surface area contributed by atoms with E-state index in [-0.39, 0.29) is 17.8 Å². The number of hydrogen-bond acceptors (Lipinski definition) is 3. The highest BCUT2D eigenvalue weighted by Crippen LogP contribution is 2.32. The number of carbonyl (C=O) groups is 2. The van der Waals surface area contributed by atoms with Crippen molar-refractivity contribution >= 4 is 11.9 Å². The van der Waals surface area contributed by atoms with Crippen LogP contribution in [0.3, 0.4) is 0 Å². The number of rotatable bonds is 3. The van der Waals surface area contributed by atoms with Crippen LogP contribution < -0.4 is 0 Å². The molecule has 154 valence electrons. The Balaban J connectivity index is 0.000000345. The highest BCUT2D eigenvalue weighted by Gasteiger charge is 2.44. The molecule has 0 bridgehead atoms. The molecule has 2 heterocycles. The van der Waals surface area contributed by atoms with Gasteiger partial charge in [-0.05, 0) is 37.5 Å². The molecule has 3 rings (SSSR count). The summed E-state index contributed by atoms with van der Waals surface area (Å²) in [6.45, 7) is 8.15. The van der Waals surface area contributed by atoms with Crippen molar-refractivity contribution in [2.24, 2.45) is 0 Å². The van der Waals surface area contributed by atoms with Crippen LogP contribution in [0.15, 0.2) is 30.9 Å². The van der Waals surface area contributed by atoms with E-state index in [2.05, 4.69) is 11.5 Å². The SMILES string of the molecule is C=CCN1CC[C@@H]2[C@@H]1CCN2C(=O)c1ccc(C)c(F)c1.O=C(O)C(F)(F)F. The molecule has 0 spiro atoms. The summed E-state index contributed by atoms with van der Waals surface area (Å²) in [5.41, 5.74) is 1.03. The number of aliphatic carboxylic acids is 1. The van der Waals surface area contributed by atoms with Crippen LogP contribution in [-0.4, -0.2) is 64.7 Å². The van der Waals surface area contributed by atoms with Gasteiger partial charge in [-0.2, -0.15) is 13.2 Å². The largest absolute Gasteiger partial charge is 0.490 e. The predicted octanol–water partition coefficient (Wildman–Crippen LogP) is 3.24. The second-order valence-corrected chi connectivity index (χ2v) is 6.76. The first-order valence-electron chi connectivity index (χ1n) is 8.78. The molecule has 0 aliphatic carbocycles. The number of carboxylic acid groups (broad SMARTS) is 1. The molecular weight excluding hydrogens is 380 g/mol. The number of carbonyl (C=O) groups excluding carboxylic acids is 1. The van der Waals surface area contributed by atoms with Crippen LogP contribution in [0.25, 0.3) is 0 Å². The quantitative estimate of drug-likeness (QED) is 0.623. The Bertz CT molecular complexity index is 751. The van der Waals surface area contributed by atoms with Crippen molar-refractivity contribution in [1.82, 2.24) is 9.80 Å². The zero-order chi connectivity index (χ0) is 21.1. The van der Waals surface area contributed by atoms with Crippen molar-refractivity contribution in [3.63, 3.8) is 0 Å². The van der Waals surface area contributed by atoms with E-state index in [1.807, 2.05) is 11.0 Å². The maximum atomic E-state index is 13.7. The minimum absolute atomic E-state index is 0.0400. The molecule has 0 aromatic heterocycles. The van der Waals surface area contributed by atoms with Crippen LogP contribution in [0.2, 0.25) is 0 Å². The third-order valence-electron chi connectivity index (χ3n) is 4.98. The summed E-state index contributed by atoms with van der Waals surface area (Å²) in [5, 5.41) is 7.12. The van der Waals surface area contributed by atoms with Crippen LogP contribution >= 0.6 is 0 Å². The number of amides is 1. The van der Waals surface area contributed by atoms with Gasteiger partial charge >= 0.3 is 12.1 Å². The van der Waals surface area contributed by atoms with E-state index in [0.29, 0.717) is 17.2 Å². The van der Waals surface area contributed by atoms with Crippen molar-refractivity contribution < 1.29 is 32.3 Å². The minimum Gasteiger partial charge on any atom is -0.475 e. The fourth-order valence-corrected chi connectivity index (χ4v) is 3.61. The summed E-state index contributed by atoms with van der Waals surface area (Å²) < 4.78 is 45.4. The Labute approximate surface area is 160 Å². The molecular formula is C19H22F4N2O3. The summed E-state index contributed by atoms with van der Waals surface area (Å²) in [6, 6.07) is 5.46. The van der Waals surface area contributed by atoms with Gasteiger partial charge in [0.25, 0.3) is 5.91 Å². The molecule has 0 radical (unpaired) electrons. The molecule has 1 N–H and O–H groups in total. The van der Waals surface area contributed by atoms with E-state index in [4.69, 9.17) is 9.90 Å². The summed E-state index contributed by atoms with van der Waals surface area (Å²) >= 11 is 0. The van der Waals surface area contributed by atoms with Gasteiger partial charge in [0, 0.05) is 37.3 Å². The predicted molar refractivity (Wildman–Crippen MR) is 94.4 cm³/mol. The second kappa shape index (κ2) is 8.72. The van der Waals surface area contributed by atoms with Gasteiger partial charge in [-0.15, -0.1) is 6.58 Å². The van der Waals surface area contributed by atoms with Crippen molar-refractivity contribution in [2.75, 3.05) is 19.6 Å². The highest BCUT2D eigenvalue weighted by molar-refractivity contribution is 5.94. The van der Waals surface area contributed by atoms with Gasteiger partial charge in [-0.3, -0.25) is 9.69 Å². The van der Waals surface area contributed by atoms with Gasteiger partial charge in [-0.1, -0.05) is 12.1 Å². The summed E-state index contributed by atoms with van der Waals surface area (Å²) in [6.07, 6.45) is -1.17. The third-order valence-corrected chi connectivity index (χ3v) is 4.98. The van der Waals surface area contributed by atoms with Gasteiger partial charge in [0.15, 0.2) is 0 Å². The van der Waals surface area contributed by atoms with Crippen LogP contribution in [-0.2, 0) is 4.79 Å². The van der Waals surface area contributed by atoms with Gasteiger partial charge in [0.1, 0.15) is 5.82 Å². The fraction of sp³-hybridized carbons (Fsp3) is 0.474. The molecule has 2 aliphatic rings. The highest BCUT2D eigenvalue weighted by atomic mass is 19.4. The monoisotopic (exact) mass is 402 g/mol. The molecule has 5 nitrogen and oxygen atoms in total. The van der Waals surface area contributed by atoms with E-state index in [9.17, 15) is 22.4 Å². The molecule has 1 aromatic carbocycles. The molecule has 0 unspecified atom stereocenters. The normalized spacial score (nSPS) is 21.7. The van der Waals surface area contributed by atoms with Crippen LogP contribution in [0.1, 0.15) is 28.8 Å². The molecule has 2 saturated heterocycles. The lowest BCUT2D eigenvalue weighted by molar-refractivity contribution is -0.192. The molecule has 0 saturated carbocycles. The molecule has 2 fully saturated rings. The van der Waals surface area contributed by atoms with Gasteiger partial charge in [0.05, 0.1) is 0 Å². The van der Waals surface area contributed by atoms with Gasteiger partial charge < -0.3 is 10.0 Å². The van der Waals surface area contributed by atoms with Gasteiger partial charge in [-0.25, -0.2) is 9.18 Å². The number of hydrogen-bond donors (Lipinski definition) is 1. The Hall–Kier alpha value is -2.42. The van der Waals surface area contributed by atoms with Crippen molar-refractivity contribution in [2.45, 2.75) is 38.0 Å². The summed E-state index contributed by atoms with van der Waals surface area (Å²) in [5.74, 6) is -3.11. The number of likely N-dealkylation sites (tertiary alicyclic amines) is 2. The van der Waals surface area contributed by atoms with Gasteiger partial charge in [0.2, 0.25) is 0 Å². The topological polar surface area (TPSA) is 60.9 Å². The first-order valence-corrected chi connectivity index (χ1v) is 8.78. The van der Waals surface area contributed by atoms with Crippen molar-refractivity contribution in [1.29, 1.82) is 0 Å². The Kier molecular flexibility index (Phi) is 6.82. The van der Waals surface area contributed by atoms with Crippen molar-refractivity contribution in [3.05, 3.63) is 47.8 Å². The van der Waals surface area contributed by atoms with Crippen molar-refractivity contribution in [3.8, 4) is 0 Å². The van der Waals surface area contributed by atoms with Crippen LogP contribution in [0.5, 0.6) is 0 Å². The van der Waals surface area contributed by atoms with Crippen LogP contribution in [0.4, 0.5) is 17.6 Å². The molecule has 28 heavy (non-hydrogen) atoms. The molecule has 1 amide bonds. The Morgan fingerprint density at radius 2 is 1.86 bits per heavy atom. The summed E-state index contributed by atoms with van der Waals surface area (Å²) in [7, 11) is 0. The minimum atomic E-state index is -5.08. The number of fused-ring (bicyclic) bond motifs is 1. The Morgan fingerprint density at radius 3 is 2.39 bits per heavy atom. The third kappa shape index (κ3) is 4.89. The zero-order valence-electron chi connectivity index (χ0n) is 15.4. The number of halogens is 4. The molecule has 1 aromatic rings. The maximum Gasteiger partial charge on any atom is 0.490 e. The van der Waals surface area contributed by atoms with E-state index < -0.39 is 12.1 Å². The Morgan fingerprint density at radius 1 is 1.25 bits per heavy atom. The number of benzene rings is 1. The second-order valence-electron chi connectivity index (χ2n) is 6.76. The van der Waals surface area contributed by atoms with E-state index in [0.717, 1.165) is 32.5 Å². The number of nitrogens with zero attached hydrogens (tertiary/aromatic N) is 2. The smallest absolute Gasteiger partial charge is 0.475 e. The fourth-order valence-electron chi connectivity index (χ4n) is 3.61. The number of alkyl halides is 3. The number of carboxylic acids is 1. The van der Waals surface area contributed by atoms with E-state index in [1.54, 1.807) is 19.1 Å². The van der Waals surface area contributed by atoms with E-state index >= 15 is 0 Å². The first-order chi connectivity index (χ1) is 13.1. The first kappa shape index (κ1) is 21.9. The molecule has 2 aliphatic heterocycles. The zero-order valence-corrected chi connectivity index (χ0v) is 15.4. The average Bonchev–Trinajstić information content (AvgIpc) is 3.20. The average molecular weight is 402 g/mol. The standard InChI is InChI=1S/C17H21FN2O.C2HF3O2/c1-3-8-19-9-6-16-15(19)7-10-20(16)17(21)13-5-4-12(2)14(18)11-13;3-2(4,5)1(6)7/h3-5,11,15-16H,1,6-10H2,2H3;(H,6,7)/t15-,16+;/m0./s1. The number of aryl methyl sites for hydroxylation is 1. The van der Waals surface area contributed by atoms with E-state index in [1.165, 1.54) is 6.07 Å². The maximum absolute atomic E-state index is 13.7. The molecule has 2 atom stereocenters. The van der Waals surface area contributed by atoms with Crippen LogP contribution in [0, 0.1) is 12.7 Å². The lowest BCUT2D eigenvalue weighted by Crippen LogP contribution is -2.39. The summed E-state index contributed by atoms with van der Waals surface area (Å²) in [4.78, 5) is 25.9. The lowest BCUT2D eigenvalue weighted by atomic mass is 10.1. The lowest BCUT2D eigenvalue weighted by Gasteiger charge is -2.25. The molecule has 9 heteroatoms.